The van der Waals surface area contributed by atoms with Crippen LogP contribution in [0.5, 0.6) is 0 Å². The molecule has 1 rings (SSSR count). The number of hydrogen-bond donors (Lipinski definition) is 2. The molecule has 2 atom stereocenters. The highest BCUT2D eigenvalue weighted by atomic mass is 35.5. The monoisotopic (exact) mass is 351 g/mol. The van der Waals surface area contributed by atoms with E-state index in [1.165, 1.54) is 19.1 Å². The first kappa shape index (κ1) is 19.3. The average Bonchev–Trinajstić information content (AvgIpc) is 2.45. The third kappa shape index (κ3) is 5.74. The smallest absolute Gasteiger partial charge is 0.392 e. The van der Waals surface area contributed by atoms with Gasteiger partial charge >= 0.3 is 12.1 Å². The fraction of sp³-hybridized carbons (Fsp3) is 0.467. The molecule has 0 aliphatic rings. The second-order valence-electron chi connectivity index (χ2n) is 5.32. The molecule has 0 radical (unpaired) electrons. The number of carboxylic acids is 1. The summed E-state index contributed by atoms with van der Waals surface area (Å²) in [6.07, 6.45) is -4.34. The molecule has 23 heavy (non-hydrogen) atoms. The zero-order valence-electron chi connectivity index (χ0n) is 12.6. The molecular formula is C15H17ClF3NO3. The van der Waals surface area contributed by atoms with E-state index in [1.807, 2.05) is 0 Å². The van der Waals surface area contributed by atoms with Gasteiger partial charge in [0.15, 0.2) is 0 Å². The van der Waals surface area contributed by atoms with Crippen molar-refractivity contribution in [3.63, 3.8) is 0 Å². The molecule has 1 unspecified atom stereocenters. The van der Waals surface area contributed by atoms with Crippen molar-refractivity contribution in [2.75, 3.05) is 5.32 Å². The Morgan fingerprint density at radius 3 is 2.43 bits per heavy atom. The van der Waals surface area contributed by atoms with Crippen LogP contribution in [0.4, 0.5) is 18.9 Å². The topological polar surface area (TPSA) is 66.4 Å². The summed E-state index contributed by atoms with van der Waals surface area (Å²) in [5.74, 6) is -4.85. The summed E-state index contributed by atoms with van der Waals surface area (Å²) >= 11 is 5.92. The largest absolute Gasteiger partial charge is 0.481 e. The maximum absolute atomic E-state index is 12.7. The van der Waals surface area contributed by atoms with Crippen LogP contribution < -0.4 is 5.32 Å². The molecule has 0 saturated carbocycles. The lowest BCUT2D eigenvalue weighted by atomic mass is 9.94. The SMILES string of the molecule is CC([C@H](C)C(=O)Nc1cc(CCC(=O)O)ccc1Cl)C(F)(F)F. The van der Waals surface area contributed by atoms with Crippen LogP contribution in [0.15, 0.2) is 18.2 Å². The second-order valence-corrected chi connectivity index (χ2v) is 5.72. The Hall–Kier alpha value is -1.76. The van der Waals surface area contributed by atoms with Gasteiger partial charge in [0, 0.05) is 12.3 Å². The minimum atomic E-state index is -4.47. The fourth-order valence-electron chi connectivity index (χ4n) is 1.83. The molecule has 0 fully saturated rings. The lowest BCUT2D eigenvalue weighted by molar-refractivity contribution is -0.183. The summed E-state index contributed by atoms with van der Waals surface area (Å²) in [6, 6.07) is 4.53. The molecule has 4 nitrogen and oxygen atoms in total. The summed E-state index contributed by atoms with van der Waals surface area (Å²) in [6.45, 7) is 2.13. The van der Waals surface area contributed by atoms with Crippen LogP contribution in [0.1, 0.15) is 25.8 Å². The number of carboxylic acid groups (broad SMARTS) is 1. The second kappa shape index (κ2) is 7.68. The van der Waals surface area contributed by atoms with Gasteiger partial charge in [-0.05, 0) is 24.1 Å². The van der Waals surface area contributed by atoms with Crippen molar-refractivity contribution in [3.8, 4) is 0 Å². The molecule has 1 aromatic rings. The van der Waals surface area contributed by atoms with Gasteiger partial charge in [-0.2, -0.15) is 13.2 Å². The Morgan fingerprint density at radius 1 is 1.30 bits per heavy atom. The number of halogens is 4. The van der Waals surface area contributed by atoms with E-state index in [0.717, 1.165) is 6.92 Å². The van der Waals surface area contributed by atoms with Gasteiger partial charge in [-0.3, -0.25) is 9.59 Å². The van der Waals surface area contributed by atoms with E-state index in [4.69, 9.17) is 16.7 Å². The van der Waals surface area contributed by atoms with E-state index in [0.29, 0.717) is 5.56 Å². The van der Waals surface area contributed by atoms with Crippen LogP contribution in [0.25, 0.3) is 0 Å². The minimum Gasteiger partial charge on any atom is -0.481 e. The minimum absolute atomic E-state index is 0.101. The van der Waals surface area contributed by atoms with E-state index in [-0.39, 0.29) is 23.6 Å². The number of anilines is 1. The van der Waals surface area contributed by atoms with E-state index in [2.05, 4.69) is 5.32 Å². The van der Waals surface area contributed by atoms with Gasteiger partial charge in [-0.15, -0.1) is 0 Å². The molecular weight excluding hydrogens is 335 g/mol. The number of hydrogen-bond acceptors (Lipinski definition) is 2. The van der Waals surface area contributed by atoms with Crippen molar-refractivity contribution in [2.45, 2.75) is 32.9 Å². The van der Waals surface area contributed by atoms with E-state index >= 15 is 0 Å². The Kier molecular flexibility index (Phi) is 6.44. The van der Waals surface area contributed by atoms with Crippen molar-refractivity contribution in [2.24, 2.45) is 11.8 Å². The summed E-state index contributed by atoms with van der Waals surface area (Å²) in [5, 5.41) is 11.2. The maximum atomic E-state index is 12.7. The number of aryl methyl sites for hydroxylation is 1. The number of aliphatic carboxylic acids is 1. The van der Waals surface area contributed by atoms with Crippen molar-refractivity contribution in [1.29, 1.82) is 0 Å². The highest BCUT2D eigenvalue weighted by molar-refractivity contribution is 6.33. The quantitative estimate of drug-likeness (QED) is 0.809. The van der Waals surface area contributed by atoms with Crippen LogP contribution in [0.2, 0.25) is 5.02 Å². The molecule has 0 aromatic heterocycles. The van der Waals surface area contributed by atoms with Gasteiger partial charge < -0.3 is 10.4 Å². The van der Waals surface area contributed by atoms with Gasteiger partial charge in [0.1, 0.15) is 0 Å². The molecule has 1 amide bonds. The number of carbonyl (C=O) groups excluding carboxylic acids is 1. The van der Waals surface area contributed by atoms with Crippen LogP contribution in [-0.2, 0) is 16.0 Å². The van der Waals surface area contributed by atoms with Gasteiger partial charge in [-0.25, -0.2) is 0 Å². The Balaban J connectivity index is 2.85. The standard InChI is InChI=1S/C15H17ClF3NO3/c1-8(9(2)15(17,18)19)14(23)20-12-7-10(3-5-11(12)16)4-6-13(21)22/h3,5,7-9H,4,6H2,1-2H3,(H,20,23)(H,21,22)/t8-,9?/m0/s1. The average molecular weight is 352 g/mol. The fourth-order valence-corrected chi connectivity index (χ4v) is 2.00. The molecule has 128 valence electrons. The molecule has 0 aliphatic carbocycles. The van der Waals surface area contributed by atoms with Crippen LogP contribution >= 0.6 is 11.6 Å². The predicted octanol–water partition coefficient (Wildman–Crippen LogP) is 4.13. The highest BCUT2D eigenvalue weighted by Gasteiger charge is 2.42. The molecule has 0 saturated heterocycles. The van der Waals surface area contributed by atoms with Crippen LogP contribution in [0, 0.1) is 11.8 Å². The number of rotatable bonds is 6. The van der Waals surface area contributed by atoms with Crippen molar-refractivity contribution in [1.82, 2.24) is 0 Å². The van der Waals surface area contributed by atoms with Gasteiger partial charge in [-0.1, -0.05) is 31.5 Å². The summed E-state index contributed by atoms with van der Waals surface area (Å²) in [7, 11) is 0. The zero-order chi connectivity index (χ0) is 17.8. The predicted molar refractivity (Wildman–Crippen MR) is 80.4 cm³/mol. The molecule has 1 aromatic carbocycles. The molecule has 0 bridgehead atoms. The van der Waals surface area contributed by atoms with Crippen molar-refractivity contribution >= 4 is 29.2 Å². The first-order chi connectivity index (χ1) is 10.5. The van der Waals surface area contributed by atoms with Crippen molar-refractivity contribution < 1.29 is 27.9 Å². The van der Waals surface area contributed by atoms with Crippen LogP contribution in [0.3, 0.4) is 0 Å². The lowest BCUT2D eigenvalue weighted by Gasteiger charge is -2.22. The molecule has 0 heterocycles. The summed E-state index contributed by atoms with van der Waals surface area (Å²) in [5.41, 5.74) is 0.782. The molecule has 2 N–H and O–H groups in total. The number of benzene rings is 1. The van der Waals surface area contributed by atoms with E-state index in [1.54, 1.807) is 6.07 Å². The number of amides is 1. The number of alkyl halides is 3. The van der Waals surface area contributed by atoms with E-state index in [9.17, 15) is 22.8 Å². The molecule has 0 aliphatic heterocycles. The first-order valence-electron chi connectivity index (χ1n) is 6.90. The first-order valence-corrected chi connectivity index (χ1v) is 7.28. The summed E-state index contributed by atoms with van der Waals surface area (Å²) in [4.78, 5) is 22.5. The Morgan fingerprint density at radius 2 is 1.91 bits per heavy atom. The van der Waals surface area contributed by atoms with Gasteiger partial charge in [0.25, 0.3) is 0 Å². The zero-order valence-corrected chi connectivity index (χ0v) is 13.3. The van der Waals surface area contributed by atoms with Crippen molar-refractivity contribution in [3.05, 3.63) is 28.8 Å². The van der Waals surface area contributed by atoms with Gasteiger partial charge in [0.2, 0.25) is 5.91 Å². The van der Waals surface area contributed by atoms with E-state index < -0.39 is 29.9 Å². The molecule has 0 spiro atoms. The lowest BCUT2D eigenvalue weighted by Crippen LogP contribution is -2.34. The normalized spacial score (nSPS) is 14.2. The third-order valence-electron chi connectivity index (χ3n) is 3.60. The maximum Gasteiger partial charge on any atom is 0.392 e. The summed E-state index contributed by atoms with van der Waals surface area (Å²) < 4.78 is 38.0. The Labute approximate surface area is 136 Å². The number of carbonyl (C=O) groups is 2. The highest BCUT2D eigenvalue weighted by Crippen LogP contribution is 2.33. The number of nitrogens with one attached hydrogen (secondary N) is 1. The Bertz CT molecular complexity index is 590. The third-order valence-corrected chi connectivity index (χ3v) is 3.93. The van der Waals surface area contributed by atoms with Crippen LogP contribution in [-0.4, -0.2) is 23.2 Å². The van der Waals surface area contributed by atoms with Gasteiger partial charge in [0.05, 0.1) is 16.6 Å². The molecule has 8 heteroatoms.